The van der Waals surface area contributed by atoms with Gasteiger partial charge in [0.2, 0.25) is 0 Å². The van der Waals surface area contributed by atoms with Crippen LogP contribution in [0.25, 0.3) is 0 Å². The van der Waals surface area contributed by atoms with Gasteiger partial charge in [0.15, 0.2) is 0 Å². The summed E-state index contributed by atoms with van der Waals surface area (Å²) in [5, 5.41) is 0.212. The van der Waals surface area contributed by atoms with Crippen molar-refractivity contribution in [1.82, 2.24) is 0 Å². The third kappa shape index (κ3) is 3.97. The predicted octanol–water partition coefficient (Wildman–Crippen LogP) is 5.32. The fourth-order valence-electron chi connectivity index (χ4n) is 1.77. The van der Waals surface area contributed by atoms with Crippen LogP contribution in [0.3, 0.4) is 0 Å². The van der Waals surface area contributed by atoms with Crippen LogP contribution in [0.15, 0.2) is 42.5 Å². The third-order valence-corrected chi connectivity index (χ3v) is 3.48. The van der Waals surface area contributed by atoms with Gasteiger partial charge in [0.05, 0.1) is 5.56 Å². The molecule has 0 N–H and O–H groups in total. The van der Waals surface area contributed by atoms with E-state index < -0.39 is 17.6 Å². The van der Waals surface area contributed by atoms with E-state index in [1.54, 1.807) is 18.2 Å². The second-order valence-corrected chi connectivity index (χ2v) is 4.89. The van der Waals surface area contributed by atoms with Gasteiger partial charge >= 0.3 is 6.18 Å². The Morgan fingerprint density at radius 3 is 2.33 bits per heavy atom. The van der Waals surface area contributed by atoms with E-state index in [1.165, 1.54) is 12.1 Å². The average molecular weight is 363 g/mol. The van der Waals surface area contributed by atoms with Crippen LogP contribution in [0.5, 0.6) is 5.75 Å². The molecule has 0 aliphatic carbocycles. The van der Waals surface area contributed by atoms with E-state index in [2.05, 4.69) is 15.9 Å². The lowest BCUT2D eigenvalue weighted by atomic mass is 10.1. The van der Waals surface area contributed by atoms with Crippen LogP contribution in [0, 0.1) is 5.82 Å². The monoisotopic (exact) mass is 362 g/mol. The summed E-state index contributed by atoms with van der Waals surface area (Å²) in [6, 6.07) is 9.30. The molecule has 0 atom stereocenters. The summed E-state index contributed by atoms with van der Waals surface area (Å²) >= 11 is 3.13. The van der Waals surface area contributed by atoms with Gasteiger partial charge < -0.3 is 4.74 Å². The lowest BCUT2D eigenvalue weighted by Gasteiger charge is -2.13. The van der Waals surface area contributed by atoms with E-state index in [4.69, 9.17) is 4.74 Å². The normalized spacial score (nSPS) is 11.5. The highest BCUT2D eigenvalue weighted by molar-refractivity contribution is 9.08. The van der Waals surface area contributed by atoms with Crippen molar-refractivity contribution in [3.8, 4) is 5.75 Å². The number of benzene rings is 2. The second-order valence-electron chi connectivity index (χ2n) is 4.33. The molecule has 0 aromatic heterocycles. The molecule has 6 heteroatoms. The molecule has 0 bridgehead atoms. The number of rotatable bonds is 4. The lowest BCUT2D eigenvalue weighted by Crippen LogP contribution is -2.06. The van der Waals surface area contributed by atoms with Gasteiger partial charge in [0.25, 0.3) is 0 Å². The molecule has 112 valence electrons. The number of ether oxygens (including phenoxy) is 1. The topological polar surface area (TPSA) is 9.23 Å². The van der Waals surface area contributed by atoms with Crippen molar-refractivity contribution in [3.63, 3.8) is 0 Å². The zero-order chi connectivity index (χ0) is 15.5. The maximum atomic E-state index is 13.5. The summed E-state index contributed by atoms with van der Waals surface area (Å²) in [5.41, 5.74) is -0.0331. The minimum atomic E-state index is -4.40. The molecule has 2 aromatic rings. The molecular formula is C15H11BrF4O. The predicted molar refractivity (Wildman–Crippen MR) is 74.8 cm³/mol. The van der Waals surface area contributed by atoms with Crippen molar-refractivity contribution in [1.29, 1.82) is 0 Å². The molecule has 0 fully saturated rings. The largest absolute Gasteiger partial charge is 0.488 e. The molecule has 0 spiro atoms. The molecule has 0 aliphatic heterocycles. The first kappa shape index (κ1) is 15.8. The fourth-order valence-corrected chi connectivity index (χ4v) is 2.21. The Hall–Kier alpha value is -1.56. The molecule has 0 saturated carbocycles. The first-order chi connectivity index (χ1) is 9.91. The highest BCUT2D eigenvalue weighted by Crippen LogP contribution is 2.33. The molecular weight excluding hydrogens is 352 g/mol. The Morgan fingerprint density at radius 2 is 1.71 bits per heavy atom. The maximum absolute atomic E-state index is 13.5. The molecule has 2 rings (SSSR count). The van der Waals surface area contributed by atoms with Crippen molar-refractivity contribution in [2.24, 2.45) is 0 Å². The fraction of sp³-hybridized carbons (Fsp3) is 0.200. The number of hydrogen-bond donors (Lipinski definition) is 0. The van der Waals surface area contributed by atoms with Crippen LogP contribution >= 0.6 is 15.9 Å². The highest BCUT2D eigenvalue weighted by Gasteiger charge is 2.31. The molecule has 0 amide bonds. The molecule has 0 radical (unpaired) electrons. The summed E-state index contributed by atoms with van der Waals surface area (Å²) in [4.78, 5) is 0. The summed E-state index contributed by atoms with van der Waals surface area (Å²) in [6.07, 6.45) is -4.40. The van der Waals surface area contributed by atoms with E-state index >= 15 is 0 Å². The molecule has 2 aromatic carbocycles. The van der Waals surface area contributed by atoms with Crippen LogP contribution in [0.4, 0.5) is 17.6 Å². The van der Waals surface area contributed by atoms with Gasteiger partial charge in [-0.3, -0.25) is 0 Å². The highest BCUT2D eigenvalue weighted by atomic mass is 79.9. The number of halogens is 5. The van der Waals surface area contributed by atoms with Crippen LogP contribution in [-0.4, -0.2) is 0 Å². The Balaban J connectivity index is 2.19. The van der Waals surface area contributed by atoms with Crippen molar-refractivity contribution in [3.05, 3.63) is 65.0 Å². The quantitative estimate of drug-likeness (QED) is 0.528. The van der Waals surface area contributed by atoms with Crippen LogP contribution in [0.1, 0.15) is 16.7 Å². The van der Waals surface area contributed by atoms with Crippen molar-refractivity contribution < 1.29 is 22.3 Å². The minimum absolute atomic E-state index is 0.0436. The Morgan fingerprint density at radius 1 is 1.00 bits per heavy atom. The van der Waals surface area contributed by atoms with E-state index in [0.717, 1.165) is 12.1 Å². The maximum Gasteiger partial charge on any atom is 0.416 e. The first-order valence-electron chi connectivity index (χ1n) is 6.04. The summed E-state index contributed by atoms with van der Waals surface area (Å²) in [5.74, 6) is -0.118. The zero-order valence-corrected chi connectivity index (χ0v) is 12.3. The second kappa shape index (κ2) is 6.47. The smallest absolute Gasteiger partial charge is 0.416 e. The molecule has 0 unspecified atom stereocenters. The van der Waals surface area contributed by atoms with Crippen LogP contribution in [0.2, 0.25) is 0 Å². The standard InChI is InChI=1S/C15H11BrF4O/c16-8-11-7-12(15(18,19)20)5-6-14(11)21-9-10-3-1-2-4-13(10)17/h1-7H,8-9H2. The van der Waals surface area contributed by atoms with Gasteiger partial charge in [-0.1, -0.05) is 34.1 Å². The summed E-state index contributed by atoms with van der Waals surface area (Å²) < 4.78 is 56.8. The molecule has 0 aliphatic rings. The summed E-state index contributed by atoms with van der Waals surface area (Å²) in [6.45, 7) is -0.0436. The van der Waals surface area contributed by atoms with Crippen molar-refractivity contribution in [2.75, 3.05) is 0 Å². The van der Waals surface area contributed by atoms with Gasteiger partial charge in [0.1, 0.15) is 18.2 Å². The zero-order valence-electron chi connectivity index (χ0n) is 10.8. The van der Waals surface area contributed by atoms with Gasteiger partial charge in [-0.25, -0.2) is 4.39 Å². The van der Waals surface area contributed by atoms with Gasteiger partial charge in [0, 0.05) is 16.5 Å². The van der Waals surface area contributed by atoms with Crippen LogP contribution < -0.4 is 4.74 Å². The Labute approximate surface area is 127 Å². The van der Waals surface area contributed by atoms with E-state index in [1.807, 2.05) is 0 Å². The average Bonchev–Trinajstić information content (AvgIpc) is 2.45. The van der Waals surface area contributed by atoms with Gasteiger partial charge in [-0.15, -0.1) is 0 Å². The Kier molecular flexibility index (Phi) is 4.88. The third-order valence-electron chi connectivity index (χ3n) is 2.87. The van der Waals surface area contributed by atoms with Crippen LogP contribution in [-0.2, 0) is 18.1 Å². The Bertz CT molecular complexity index is 625. The minimum Gasteiger partial charge on any atom is -0.488 e. The van der Waals surface area contributed by atoms with E-state index in [9.17, 15) is 17.6 Å². The SMILES string of the molecule is Fc1ccccc1COc1ccc(C(F)(F)F)cc1CBr. The molecule has 0 heterocycles. The summed E-state index contributed by atoms with van der Waals surface area (Å²) in [7, 11) is 0. The lowest BCUT2D eigenvalue weighted by molar-refractivity contribution is -0.137. The molecule has 0 saturated heterocycles. The van der Waals surface area contributed by atoms with E-state index in [0.29, 0.717) is 16.9 Å². The first-order valence-corrected chi connectivity index (χ1v) is 7.16. The van der Waals surface area contributed by atoms with Crippen molar-refractivity contribution in [2.45, 2.75) is 18.1 Å². The van der Waals surface area contributed by atoms with Crippen molar-refractivity contribution >= 4 is 15.9 Å². The van der Waals surface area contributed by atoms with E-state index in [-0.39, 0.29) is 11.9 Å². The van der Waals surface area contributed by atoms with Gasteiger partial charge in [-0.05, 0) is 24.3 Å². The number of hydrogen-bond acceptors (Lipinski definition) is 1. The molecule has 21 heavy (non-hydrogen) atoms. The van der Waals surface area contributed by atoms with Gasteiger partial charge in [-0.2, -0.15) is 13.2 Å². The molecule has 1 nitrogen and oxygen atoms in total. The number of alkyl halides is 4.